The molecule has 1 amide bonds. The van der Waals surface area contributed by atoms with Crippen molar-refractivity contribution in [1.82, 2.24) is 0 Å². The minimum absolute atomic E-state index is 0.0268. The van der Waals surface area contributed by atoms with E-state index >= 15 is 0 Å². The Bertz CT molecular complexity index is 474. The maximum atomic E-state index is 10.9. The number of hydrogen-bond acceptors (Lipinski definition) is 3. The van der Waals surface area contributed by atoms with E-state index in [0.717, 1.165) is 5.56 Å². The van der Waals surface area contributed by atoms with Crippen molar-refractivity contribution in [2.45, 2.75) is 25.6 Å². The molecule has 0 saturated carbocycles. The number of hydrogen-bond donors (Lipinski definition) is 1. The summed E-state index contributed by atoms with van der Waals surface area (Å²) >= 11 is 5.78. The second kappa shape index (κ2) is 5.14. The highest BCUT2D eigenvalue weighted by atomic mass is 35.5. The molecule has 0 aliphatic rings. The molecule has 1 aromatic rings. The Morgan fingerprint density at radius 1 is 1.53 bits per heavy atom. The molecule has 0 spiro atoms. The Labute approximate surface area is 104 Å². The highest BCUT2D eigenvalue weighted by Crippen LogP contribution is 2.26. The van der Waals surface area contributed by atoms with Crippen LogP contribution in [-0.2, 0) is 11.2 Å². The van der Waals surface area contributed by atoms with Crippen molar-refractivity contribution in [3.63, 3.8) is 0 Å². The van der Waals surface area contributed by atoms with Gasteiger partial charge in [-0.2, -0.15) is 0 Å². The average molecular weight is 257 g/mol. The third-order valence-electron chi connectivity index (χ3n) is 2.69. The molecule has 5 nitrogen and oxygen atoms in total. The number of nitro groups is 1. The Kier molecular flexibility index (Phi) is 4.07. The first-order chi connectivity index (χ1) is 7.84. The standard InChI is InChI=1S/C11H13ClN2O3/c1-6-3-4-10(14(16)17)7(2)8(6)5-9(12)11(13)15/h3-4,9H,5H2,1-2H3,(H2,13,15). The zero-order valence-electron chi connectivity index (χ0n) is 9.57. The molecule has 1 atom stereocenters. The minimum Gasteiger partial charge on any atom is -0.368 e. The second-order valence-corrected chi connectivity index (χ2v) is 4.36. The van der Waals surface area contributed by atoms with Crippen LogP contribution in [0.25, 0.3) is 0 Å². The third-order valence-corrected chi connectivity index (χ3v) is 3.06. The maximum absolute atomic E-state index is 10.9. The molecule has 17 heavy (non-hydrogen) atoms. The van der Waals surface area contributed by atoms with Crippen molar-refractivity contribution < 1.29 is 9.72 Å². The van der Waals surface area contributed by atoms with Crippen LogP contribution < -0.4 is 5.73 Å². The summed E-state index contributed by atoms with van der Waals surface area (Å²) in [4.78, 5) is 21.2. The number of alkyl halides is 1. The first-order valence-electron chi connectivity index (χ1n) is 5.01. The van der Waals surface area contributed by atoms with Crippen LogP contribution in [0.15, 0.2) is 12.1 Å². The maximum Gasteiger partial charge on any atom is 0.272 e. The summed E-state index contributed by atoms with van der Waals surface area (Å²) in [5, 5.41) is 9.93. The number of rotatable bonds is 4. The van der Waals surface area contributed by atoms with Crippen LogP contribution in [0.3, 0.4) is 0 Å². The minimum atomic E-state index is -0.852. The van der Waals surface area contributed by atoms with Crippen LogP contribution >= 0.6 is 11.6 Å². The SMILES string of the molecule is Cc1ccc([N+](=O)[O-])c(C)c1CC(Cl)C(N)=O. The third kappa shape index (κ3) is 2.94. The fraction of sp³-hybridized carbons (Fsp3) is 0.364. The van der Waals surface area contributed by atoms with Gasteiger partial charge in [0.25, 0.3) is 5.69 Å². The van der Waals surface area contributed by atoms with Gasteiger partial charge in [0.1, 0.15) is 5.38 Å². The number of carbonyl (C=O) groups is 1. The van der Waals surface area contributed by atoms with Crippen LogP contribution in [0, 0.1) is 24.0 Å². The zero-order chi connectivity index (χ0) is 13.2. The highest BCUT2D eigenvalue weighted by molar-refractivity contribution is 6.30. The monoisotopic (exact) mass is 256 g/mol. The van der Waals surface area contributed by atoms with Crippen LogP contribution in [0.2, 0.25) is 0 Å². The number of amides is 1. The zero-order valence-corrected chi connectivity index (χ0v) is 10.3. The van der Waals surface area contributed by atoms with Crippen molar-refractivity contribution in [1.29, 1.82) is 0 Å². The normalized spacial score (nSPS) is 12.2. The van der Waals surface area contributed by atoms with Gasteiger partial charge in [0.05, 0.1) is 4.92 Å². The average Bonchev–Trinajstić information content (AvgIpc) is 2.22. The molecule has 92 valence electrons. The predicted molar refractivity (Wildman–Crippen MR) is 65.1 cm³/mol. The Balaban J connectivity index is 3.18. The van der Waals surface area contributed by atoms with Crippen LogP contribution in [0.5, 0.6) is 0 Å². The van der Waals surface area contributed by atoms with Crippen LogP contribution in [-0.4, -0.2) is 16.2 Å². The number of primary amides is 1. The van der Waals surface area contributed by atoms with Gasteiger partial charge in [-0.3, -0.25) is 14.9 Å². The van der Waals surface area contributed by atoms with E-state index in [1.54, 1.807) is 13.0 Å². The molecule has 0 heterocycles. The van der Waals surface area contributed by atoms with Crippen molar-refractivity contribution in [2.24, 2.45) is 5.73 Å². The lowest BCUT2D eigenvalue weighted by molar-refractivity contribution is -0.385. The molecule has 0 saturated heterocycles. The summed E-state index contributed by atoms with van der Waals surface area (Å²) in [5.74, 6) is -0.628. The smallest absolute Gasteiger partial charge is 0.272 e. The first kappa shape index (κ1) is 13.4. The fourth-order valence-corrected chi connectivity index (χ4v) is 1.83. The molecule has 1 unspecified atom stereocenters. The van der Waals surface area contributed by atoms with E-state index in [1.807, 2.05) is 6.92 Å². The molecule has 0 radical (unpaired) electrons. The number of carbonyl (C=O) groups excluding carboxylic acids is 1. The second-order valence-electron chi connectivity index (χ2n) is 3.84. The van der Waals surface area contributed by atoms with Crippen molar-refractivity contribution in [3.05, 3.63) is 38.9 Å². The van der Waals surface area contributed by atoms with Gasteiger partial charge in [0, 0.05) is 11.6 Å². The number of halogens is 1. The first-order valence-corrected chi connectivity index (χ1v) is 5.45. The molecule has 0 aliphatic heterocycles. The Morgan fingerprint density at radius 3 is 2.59 bits per heavy atom. The molecular weight excluding hydrogens is 244 g/mol. The van der Waals surface area contributed by atoms with E-state index in [2.05, 4.69) is 0 Å². The molecule has 0 bridgehead atoms. The lowest BCUT2D eigenvalue weighted by Crippen LogP contribution is -2.26. The van der Waals surface area contributed by atoms with E-state index in [1.165, 1.54) is 6.07 Å². The van der Waals surface area contributed by atoms with Gasteiger partial charge in [-0.1, -0.05) is 6.07 Å². The Hall–Kier alpha value is -1.62. The van der Waals surface area contributed by atoms with Gasteiger partial charge in [-0.05, 0) is 31.4 Å². The van der Waals surface area contributed by atoms with Gasteiger partial charge in [0.15, 0.2) is 0 Å². The number of benzene rings is 1. The van der Waals surface area contributed by atoms with Crippen LogP contribution in [0.4, 0.5) is 5.69 Å². The lowest BCUT2D eigenvalue weighted by atomic mass is 9.97. The van der Waals surface area contributed by atoms with E-state index in [-0.39, 0.29) is 12.1 Å². The molecule has 0 aliphatic carbocycles. The molecule has 1 rings (SSSR count). The molecule has 0 fully saturated rings. The quantitative estimate of drug-likeness (QED) is 0.507. The molecule has 2 N–H and O–H groups in total. The van der Waals surface area contributed by atoms with E-state index in [0.29, 0.717) is 11.1 Å². The van der Waals surface area contributed by atoms with Crippen molar-refractivity contribution in [3.8, 4) is 0 Å². The van der Waals surface area contributed by atoms with E-state index < -0.39 is 16.2 Å². The highest BCUT2D eigenvalue weighted by Gasteiger charge is 2.20. The molecule has 0 aromatic heterocycles. The number of nitrogens with two attached hydrogens (primary N) is 1. The Morgan fingerprint density at radius 2 is 2.12 bits per heavy atom. The topological polar surface area (TPSA) is 86.2 Å². The van der Waals surface area contributed by atoms with Gasteiger partial charge in [-0.15, -0.1) is 11.6 Å². The molecular formula is C11H13ClN2O3. The predicted octanol–water partition coefficient (Wildman–Crippen LogP) is 1.85. The number of nitro benzene ring substituents is 1. The number of aryl methyl sites for hydroxylation is 1. The van der Waals surface area contributed by atoms with Gasteiger partial charge < -0.3 is 5.73 Å². The van der Waals surface area contributed by atoms with E-state index in [9.17, 15) is 14.9 Å². The summed E-state index contributed by atoms with van der Waals surface area (Å²) in [6, 6.07) is 3.09. The van der Waals surface area contributed by atoms with Crippen molar-refractivity contribution in [2.75, 3.05) is 0 Å². The largest absolute Gasteiger partial charge is 0.368 e. The number of nitrogens with zero attached hydrogens (tertiary/aromatic N) is 1. The van der Waals surface area contributed by atoms with Gasteiger partial charge >= 0.3 is 0 Å². The van der Waals surface area contributed by atoms with Gasteiger partial charge in [0.2, 0.25) is 5.91 Å². The van der Waals surface area contributed by atoms with Crippen molar-refractivity contribution >= 4 is 23.2 Å². The summed E-state index contributed by atoms with van der Waals surface area (Å²) in [5.41, 5.74) is 7.20. The van der Waals surface area contributed by atoms with Gasteiger partial charge in [-0.25, -0.2) is 0 Å². The van der Waals surface area contributed by atoms with Crippen LogP contribution in [0.1, 0.15) is 16.7 Å². The summed E-state index contributed by atoms with van der Waals surface area (Å²) < 4.78 is 0. The lowest BCUT2D eigenvalue weighted by Gasteiger charge is -2.12. The summed E-state index contributed by atoms with van der Waals surface area (Å²) in [6.07, 6.45) is 0.205. The summed E-state index contributed by atoms with van der Waals surface area (Å²) in [6.45, 7) is 3.46. The molecule has 1 aromatic carbocycles. The summed E-state index contributed by atoms with van der Waals surface area (Å²) in [7, 11) is 0. The molecule has 6 heteroatoms. The van der Waals surface area contributed by atoms with E-state index in [4.69, 9.17) is 17.3 Å². The fourth-order valence-electron chi connectivity index (χ4n) is 1.67.